The van der Waals surface area contributed by atoms with Gasteiger partial charge >= 0.3 is 6.61 Å². The second-order valence-electron chi connectivity index (χ2n) is 7.51. The number of ether oxygens (including phenoxy) is 2. The van der Waals surface area contributed by atoms with Crippen LogP contribution in [0.5, 0.6) is 11.5 Å². The quantitative estimate of drug-likeness (QED) is 0.446. The molecule has 0 spiro atoms. The first-order valence-electron chi connectivity index (χ1n) is 10.4. The van der Waals surface area contributed by atoms with E-state index in [0.29, 0.717) is 24.5 Å². The van der Waals surface area contributed by atoms with Crippen LogP contribution < -0.4 is 20.3 Å². The molecule has 33 heavy (non-hydrogen) atoms. The zero-order valence-electron chi connectivity index (χ0n) is 17.9. The number of methoxy groups -OCH3 is 1. The Morgan fingerprint density at radius 3 is 2.97 bits per heavy atom. The Kier molecular flexibility index (Phi) is 7.49. The molecule has 2 N–H and O–H groups in total. The van der Waals surface area contributed by atoms with Gasteiger partial charge in [0.05, 0.1) is 24.0 Å². The van der Waals surface area contributed by atoms with E-state index in [9.17, 15) is 18.4 Å². The molecule has 0 saturated carbocycles. The highest BCUT2D eigenvalue weighted by molar-refractivity contribution is 7.99. The van der Waals surface area contributed by atoms with E-state index in [-0.39, 0.29) is 28.7 Å². The summed E-state index contributed by atoms with van der Waals surface area (Å²) >= 11 is 2.95. The van der Waals surface area contributed by atoms with Crippen molar-refractivity contribution in [3.05, 3.63) is 50.4 Å². The van der Waals surface area contributed by atoms with Crippen molar-refractivity contribution < 1.29 is 23.0 Å². The van der Waals surface area contributed by atoms with Gasteiger partial charge in [0.1, 0.15) is 10.7 Å². The molecular formula is C22H23F2N3O4S2. The third kappa shape index (κ3) is 5.64. The van der Waals surface area contributed by atoms with E-state index in [4.69, 9.17) is 4.74 Å². The van der Waals surface area contributed by atoms with Crippen molar-refractivity contribution in [2.75, 3.05) is 19.4 Å². The number of aromatic nitrogens is 2. The standard InChI is InChI=1S/C22H23F2N3O4S2/c1-30-14-6-5-12(9-15(14)31-22(23)24)7-8-25-18(28)11-32-10-17-26-20(29)19-13-3-2-4-16(13)33-21(19)27-17/h5-6,9,22H,2-4,7-8,10-11H2,1H3,(H,25,28)(H,26,27,29). The van der Waals surface area contributed by atoms with Crippen LogP contribution in [0.15, 0.2) is 23.0 Å². The zero-order chi connectivity index (χ0) is 23.4. The summed E-state index contributed by atoms with van der Waals surface area (Å²) in [6, 6.07) is 4.76. The van der Waals surface area contributed by atoms with Crippen LogP contribution in [0.4, 0.5) is 8.78 Å². The van der Waals surface area contributed by atoms with Crippen LogP contribution in [-0.4, -0.2) is 41.9 Å². The van der Waals surface area contributed by atoms with E-state index in [1.165, 1.54) is 29.8 Å². The first kappa shape index (κ1) is 23.5. The van der Waals surface area contributed by atoms with Gasteiger partial charge in [-0.3, -0.25) is 9.59 Å². The van der Waals surface area contributed by atoms with Crippen LogP contribution in [-0.2, 0) is 29.8 Å². The number of fused-ring (bicyclic) bond motifs is 3. The van der Waals surface area contributed by atoms with Gasteiger partial charge in [-0.1, -0.05) is 6.07 Å². The minimum absolute atomic E-state index is 0.0405. The largest absolute Gasteiger partial charge is 0.493 e. The highest BCUT2D eigenvalue weighted by Gasteiger charge is 2.21. The second-order valence-corrected chi connectivity index (χ2v) is 9.58. The molecule has 1 aromatic carbocycles. The average molecular weight is 496 g/mol. The number of hydrogen-bond donors (Lipinski definition) is 2. The van der Waals surface area contributed by atoms with Crippen LogP contribution in [0.1, 0.15) is 28.2 Å². The van der Waals surface area contributed by atoms with E-state index in [0.717, 1.165) is 40.6 Å². The van der Waals surface area contributed by atoms with Gasteiger partial charge in [-0.15, -0.1) is 23.1 Å². The van der Waals surface area contributed by atoms with E-state index in [1.54, 1.807) is 23.5 Å². The molecule has 0 saturated heterocycles. The van der Waals surface area contributed by atoms with Crippen molar-refractivity contribution in [3.63, 3.8) is 0 Å². The van der Waals surface area contributed by atoms with E-state index < -0.39 is 6.61 Å². The lowest BCUT2D eigenvalue weighted by Gasteiger charge is -2.12. The summed E-state index contributed by atoms with van der Waals surface area (Å²) in [4.78, 5) is 34.1. The Hall–Kier alpha value is -2.66. The first-order chi connectivity index (χ1) is 15.9. The maximum absolute atomic E-state index is 12.5. The number of carbonyl (C=O) groups is 1. The molecule has 0 fully saturated rings. The fourth-order valence-corrected chi connectivity index (χ4v) is 5.82. The van der Waals surface area contributed by atoms with Gasteiger partial charge < -0.3 is 19.8 Å². The lowest BCUT2D eigenvalue weighted by molar-refractivity contribution is -0.118. The van der Waals surface area contributed by atoms with Crippen molar-refractivity contribution in [2.45, 2.75) is 38.0 Å². The lowest BCUT2D eigenvalue weighted by Crippen LogP contribution is -2.27. The molecule has 2 heterocycles. The van der Waals surface area contributed by atoms with Gasteiger partial charge in [0.25, 0.3) is 5.56 Å². The summed E-state index contributed by atoms with van der Waals surface area (Å²) in [5.74, 6) is 1.22. The summed E-state index contributed by atoms with van der Waals surface area (Å²) in [6.45, 7) is -2.60. The summed E-state index contributed by atoms with van der Waals surface area (Å²) in [5, 5.41) is 3.52. The number of benzene rings is 1. The molecular weight excluding hydrogens is 472 g/mol. The Morgan fingerprint density at radius 2 is 2.18 bits per heavy atom. The van der Waals surface area contributed by atoms with Gasteiger partial charge in [0.2, 0.25) is 5.91 Å². The summed E-state index contributed by atoms with van der Waals surface area (Å²) < 4.78 is 34.6. The number of hydrogen-bond acceptors (Lipinski definition) is 7. The lowest BCUT2D eigenvalue weighted by atomic mass is 10.1. The molecule has 4 rings (SSSR count). The summed E-state index contributed by atoms with van der Waals surface area (Å²) in [7, 11) is 1.38. The molecule has 1 amide bonds. The van der Waals surface area contributed by atoms with Gasteiger partial charge in [-0.05, 0) is 48.9 Å². The van der Waals surface area contributed by atoms with Crippen molar-refractivity contribution in [1.29, 1.82) is 0 Å². The Balaban J connectivity index is 1.25. The van der Waals surface area contributed by atoms with Crippen LogP contribution in [0.2, 0.25) is 0 Å². The molecule has 3 aromatic rings. The Bertz CT molecular complexity index is 1210. The predicted octanol–water partition coefficient (Wildman–Crippen LogP) is 3.68. The summed E-state index contributed by atoms with van der Waals surface area (Å²) in [6.07, 6.45) is 3.49. The molecule has 0 atom stereocenters. The number of thiophene rings is 1. The third-order valence-corrected chi connectivity index (χ3v) is 7.41. The molecule has 176 valence electrons. The number of aryl methyl sites for hydroxylation is 2. The normalized spacial score (nSPS) is 12.8. The number of thioether (sulfide) groups is 1. The molecule has 0 unspecified atom stereocenters. The SMILES string of the molecule is COc1ccc(CCNC(=O)CSCc2nc3sc4c(c3c(=O)[nH]2)CCC4)cc1OC(F)F. The van der Waals surface area contributed by atoms with Gasteiger partial charge in [0, 0.05) is 11.4 Å². The number of amides is 1. The number of H-pyrrole nitrogens is 1. The Labute approximate surface area is 196 Å². The number of nitrogens with zero attached hydrogens (tertiary/aromatic N) is 1. The maximum Gasteiger partial charge on any atom is 0.387 e. The fraction of sp³-hybridized carbons (Fsp3) is 0.409. The Morgan fingerprint density at radius 1 is 1.33 bits per heavy atom. The van der Waals surface area contributed by atoms with Crippen LogP contribution in [0.25, 0.3) is 10.2 Å². The third-order valence-electron chi connectivity index (χ3n) is 5.28. The highest BCUT2D eigenvalue weighted by atomic mass is 32.2. The van der Waals surface area contributed by atoms with E-state index in [2.05, 4.69) is 20.0 Å². The molecule has 2 aromatic heterocycles. The number of alkyl halides is 2. The molecule has 0 bridgehead atoms. The molecule has 7 nitrogen and oxygen atoms in total. The predicted molar refractivity (Wildman–Crippen MR) is 125 cm³/mol. The second kappa shape index (κ2) is 10.5. The van der Waals surface area contributed by atoms with Crippen LogP contribution in [0.3, 0.4) is 0 Å². The van der Waals surface area contributed by atoms with Crippen molar-refractivity contribution in [2.24, 2.45) is 0 Å². The maximum atomic E-state index is 12.5. The highest BCUT2D eigenvalue weighted by Crippen LogP contribution is 2.34. The minimum Gasteiger partial charge on any atom is -0.493 e. The van der Waals surface area contributed by atoms with Crippen LogP contribution in [0, 0.1) is 0 Å². The average Bonchev–Trinajstić information content (AvgIpc) is 3.34. The fourth-order valence-electron chi connectivity index (χ4n) is 3.82. The van der Waals surface area contributed by atoms with Crippen molar-refractivity contribution in [3.8, 4) is 11.5 Å². The molecule has 0 aliphatic heterocycles. The van der Waals surface area contributed by atoms with E-state index in [1.807, 2.05) is 0 Å². The number of carbonyl (C=O) groups excluding carboxylic acids is 1. The number of nitrogens with one attached hydrogen (secondary N) is 2. The molecule has 1 aliphatic carbocycles. The monoisotopic (exact) mass is 495 g/mol. The minimum atomic E-state index is -2.95. The van der Waals surface area contributed by atoms with Gasteiger partial charge in [0.15, 0.2) is 11.5 Å². The van der Waals surface area contributed by atoms with Crippen molar-refractivity contribution >= 4 is 39.2 Å². The zero-order valence-corrected chi connectivity index (χ0v) is 19.5. The van der Waals surface area contributed by atoms with Gasteiger partial charge in [-0.25, -0.2) is 4.98 Å². The first-order valence-corrected chi connectivity index (χ1v) is 12.4. The van der Waals surface area contributed by atoms with Gasteiger partial charge in [-0.2, -0.15) is 8.78 Å². The van der Waals surface area contributed by atoms with Crippen LogP contribution >= 0.6 is 23.1 Å². The summed E-state index contributed by atoms with van der Waals surface area (Å²) in [5.41, 5.74) is 1.78. The molecule has 0 radical (unpaired) electrons. The number of halogens is 2. The van der Waals surface area contributed by atoms with Crippen molar-refractivity contribution in [1.82, 2.24) is 15.3 Å². The smallest absolute Gasteiger partial charge is 0.387 e. The number of aromatic amines is 1. The number of rotatable bonds is 10. The topological polar surface area (TPSA) is 93.3 Å². The molecule has 11 heteroatoms. The molecule has 1 aliphatic rings. The van der Waals surface area contributed by atoms with E-state index >= 15 is 0 Å².